The number of amides is 3. The zero-order valence-electron chi connectivity index (χ0n) is 26.6. The Bertz CT molecular complexity index is 1640. The number of nitrogens with one attached hydrogen (secondary N) is 2. The summed E-state index contributed by atoms with van der Waals surface area (Å²) >= 11 is 0. The van der Waals surface area contributed by atoms with Crippen LogP contribution in [0.2, 0.25) is 0 Å². The molecule has 0 aliphatic carbocycles. The Morgan fingerprint density at radius 1 is 0.867 bits per heavy atom. The smallest absolute Gasteiger partial charge is 0.324 e. The van der Waals surface area contributed by atoms with Gasteiger partial charge in [-0.25, -0.2) is 9.48 Å². The zero-order chi connectivity index (χ0) is 31.7. The summed E-state index contributed by atoms with van der Waals surface area (Å²) in [5.74, 6) is 1.24. The predicted molar refractivity (Wildman–Crippen MR) is 178 cm³/mol. The van der Waals surface area contributed by atoms with E-state index < -0.39 is 0 Å². The van der Waals surface area contributed by atoms with Gasteiger partial charge in [-0.15, -0.1) is 0 Å². The number of aliphatic hydroxyl groups excluding tert-OH is 1. The van der Waals surface area contributed by atoms with Crippen LogP contribution < -0.4 is 10.6 Å². The Kier molecular flexibility index (Phi) is 8.51. The first-order chi connectivity index (χ1) is 21.6. The van der Waals surface area contributed by atoms with Crippen LogP contribution in [0.1, 0.15) is 79.2 Å². The Labute approximate surface area is 265 Å². The summed E-state index contributed by atoms with van der Waals surface area (Å²) in [5.41, 5.74) is 6.24. The third-order valence-electron chi connectivity index (χ3n) is 9.18. The van der Waals surface area contributed by atoms with Gasteiger partial charge in [-0.3, -0.25) is 10.1 Å². The quantitative estimate of drug-likeness (QED) is 0.207. The number of hydrogen-bond donors (Lipinski definition) is 3. The second-order valence-electron chi connectivity index (χ2n) is 13.7. The minimum Gasteiger partial charge on any atom is -0.392 e. The molecule has 45 heavy (non-hydrogen) atoms. The van der Waals surface area contributed by atoms with Gasteiger partial charge >= 0.3 is 6.03 Å². The van der Waals surface area contributed by atoms with Gasteiger partial charge in [0.15, 0.2) is 0 Å². The zero-order valence-corrected chi connectivity index (χ0v) is 26.6. The molecule has 0 spiro atoms. The number of nitrogens with zero attached hydrogens (tertiary/aromatic N) is 3. The minimum absolute atomic E-state index is 0.0191. The summed E-state index contributed by atoms with van der Waals surface area (Å²) in [6.45, 7) is 8.34. The van der Waals surface area contributed by atoms with Crippen molar-refractivity contribution in [1.82, 2.24) is 14.7 Å². The van der Waals surface area contributed by atoms with E-state index in [0.717, 1.165) is 60.3 Å². The van der Waals surface area contributed by atoms with E-state index in [1.807, 2.05) is 73.7 Å². The van der Waals surface area contributed by atoms with Gasteiger partial charge in [0.25, 0.3) is 5.91 Å². The molecule has 2 atom stereocenters. The molecule has 1 aromatic heterocycles. The van der Waals surface area contributed by atoms with Crippen molar-refractivity contribution in [1.29, 1.82) is 0 Å². The highest BCUT2D eigenvalue weighted by Gasteiger charge is 2.43. The topological polar surface area (TPSA) is 99.5 Å². The maximum atomic E-state index is 13.3. The fourth-order valence-electron chi connectivity index (χ4n) is 6.75. The molecule has 234 valence electrons. The summed E-state index contributed by atoms with van der Waals surface area (Å²) in [6.07, 6.45) is 5.08. The van der Waals surface area contributed by atoms with E-state index in [9.17, 15) is 14.7 Å². The number of benzene rings is 3. The fourth-order valence-corrected chi connectivity index (χ4v) is 6.75. The van der Waals surface area contributed by atoms with Crippen molar-refractivity contribution in [2.75, 3.05) is 10.6 Å². The summed E-state index contributed by atoms with van der Waals surface area (Å²) in [7, 11) is 0. The lowest BCUT2D eigenvalue weighted by atomic mass is 9.85. The number of carbonyl (C=O) groups is 2. The van der Waals surface area contributed by atoms with Crippen LogP contribution in [0.25, 0.3) is 5.69 Å². The van der Waals surface area contributed by atoms with Gasteiger partial charge in [0.05, 0.1) is 18.0 Å². The molecule has 2 aliphatic rings. The Morgan fingerprint density at radius 2 is 1.49 bits per heavy atom. The van der Waals surface area contributed by atoms with Crippen LogP contribution in [-0.2, 0) is 18.4 Å². The van der Waals surface area contributed by atoms with E-state index in [1.54, 1.807) is 4.68 Å². The number of carbonyl (C=O) groups excluding carboxylic acids is 2. The van der Waals surface area contributed by atoms with E-state index in [-0.39, 0.29) is 36.0 Å². The van der Waals surface area contributed by atoms with E-state index in [4.69, 9.17) is 5.10 Å². The van der Waals surface area contributed by atoms with Gasteiger partial charge in [-0.1, -0.05) is 62.7 Å². The number of hydrogen-bond acceptors (Lipinski definition) is 4. The van der Waals surface area contributed by atoms with Crippen molar-refractivity contribution in [2.24, 2.45) is 5.92 Å². The van der Waals surface area contributed by atoms with Crippen molar-refractivity contribution in [3.05, 3.63) is 107 Å². The summed E-state index contributed by atoms with van der Waals surface area (Å²) in [5, 5.41) is 20.1. The lowest BCUT2D eigenvalue weighted by Gasteiger charge is -2.39. The molecule has 2 unspecified atom stereocenters. The lowest BCUT2D eigenvalue weighted by molar-refractivity contribution is 0.0524. The Balaban J connectivity index is 1.06. The van der Waals surface area contributed by atoms with Crippen LogP contribution >= 0.6 is 0 Å². The molecule has 0 radical (unpaired) electrons. The third kappa shape index (κ3) is 6.81. The maximum Gasteiger partial charge on any atom is 0.324 e. The molecule has 8 nitrogen and oxygen atoms in total. The van der Waals surface area contributed by atoms with Crippen molar-refractivity contribution in [3.8, 4) is 5.69 Å². The van der Waals surface area contributed by atoms with Crippen molar-refractivity contribution in [2.45, 2.75) is 83.9 Å². The van der Waals surface area contributed by atoms with Gasteiger partial charge in [0.1, 0.15) is 5.82 Å². The highest BCUT2D eigenvalue weighted by Crippen LogP contribution is 2.41. The molecule has 2 bridgehead atoms. The highest BCUT2D eigenvalue weighted by molar-refractivity contribution is 5.99. The predicted octanol–water partition coefficient (Wildman–Crippen LogP) is 7.24. The van der Waals surface area contributed by atoms with Gasteiger partial charge in [-0.2, -0.15) is 5.10 Å². The molecule has 2 fully saturated rings. The molecule has 3 amide bonds. The fraction of sp³-hybridized carbons (Fsp3) is 0.378. The molecular formula is C37H43N5O3. The number of anilines is 2. The third-order valence-corrected chi connectivity index (χ3v) is 9.18. The molecule has 2 saturated heterocycles. The molecule has 8 heteroatoms. The van der Waals surface area contributed by atoms with Gasteiger partial charge < -0.3 is 15.3 Å². The standard InChI is InChI=1S/C37H43N5O3/c1-24-5-15-30(16-6-24)42-34(22-33(40-42)37(2,3)4)39-36(45)38-29-13-9-25(10-14-29)19-27-20-31-17-18-32(21-27)41(31)35(44)28-11-7-26(23-43)8-12-28/h5-16,22,27,31-32,43H,17-21,23H2,1-4H3,(H2,38,39,45). The highest BCUT2D eigenvalue weighted by atomic mass is 16.3. The molecular weight excluding hydrogens is 562 g/mol. The second-order valence-corrected chi connectivity index (χ2v) is 13.7. The normalized spacial score (nSPS) is 19.4. The SMILES string of the molecule is Cc1ccc(-n2nc(C(C)(C)C)cc2NC(=O)Nc2ccc(CC3CC4CCC(C3)N4C(=O)c3ccc(CO)cc3)cc2)cc1. The Hall–Kier alpha value is -4.43. The van der Waals surface area contributed by atoms with Crippen LogP contribution in [0.4, 0.5) is 16.3 Å². The number of rotatable bonds is 7. The first kappa shape index (κ1) is 30.6. The molecule has 4 aromatic rings. The van der Waals surface area contributed by atoms with Crippen molar-refractivity contribution >= 4 is 23.4 Å². The average molecular weight is 606 g/mol. The maximum absolute atomic E-state index is 13.3. The van der Waals surface area contributed by atoms with Crippen molar-refractivity contribution < 1.29 is 14.7 Å². The lowest BCUT2D eigenvalue weighted by Crippen LogP contribution is -2.46. The first-order valence-electron chi connectivity index (χ1n) is 15.9. The number of fused-ring (bicyclic) bond motifs is 2. The van der Waals surface area contributed by atoms with Crippen LogP contribution in [0.3, 0.4) is 0 Å². The number of piperidine rings is 1. The summed E-state index contributed by atoms with van der Waals surface area (Å²) in [6, 6.07) is 25.6. The number of aliphatic hydroxyl groups is 1. The molecule has 2 aliphatic heterocycles. The monoisotopic (exact) mass is 605 g/mol. The number of urea groups is 1. The second kappa shape index (κ2) is 12.5. The van der Waals surface area contributed by atoms with E-state index in [2.05, 4.69) is 48.4 Å². The largest absolute Gasteiger partial charge is 0.392 e. The van der Waals surface area contributed by atoms with Gasteiger partial charge in [0, 0.05) is 34.8 Å². The average Bonchev–Trinajstić information content (AvgIpc) is 3.56. The molecule has 6 rings (SSSR count). The van der Waals surface area contributed by atoms with Crippen LogP contribution in [0.15, 0.2) is 78.9 Å². The first-order valence-corrected chi connectivity index (χ1v) is 15.9. The van der Waals surface area contributed by atoms with Crippen molar-refractivity contribution in [3.63, 3.8) is 0 Å². The molecule has 3 N–H and O–H groups in total. The van der Waals surface area contributed by atoms with Crippen LogP contribution in [0.5, 0.6) is 0 Å². The number of aryl methyl sites for hydroxylation is 1. The van der Waals surface area contributed by atoms with E-state index in [0.29, 0.717) is 17.3 Å². The molecule has 0 saturated carbocycles. The minimum atomic E-state index is -0.323. The summed E-state index contributed by atoms with van der Waals surface area (Å²) < 4.78 is 1.78. The van der Waals surface area contributed by atoms with Crippen LogP contribution in [0, 0.1) is 12.8 Å². The number of aromatic nitrogens is 2. The van der Waals surface area contributed by atoms with Gasteiger partial charge in [-0.05, 0) is 92.5 Å². The molecule has 3 heterocycles. The van der Waals surface area contributed by atoms with E-state index in [1.165, 1.54) is 5.56 Å². The van der Waals surface area contributed by atoms with E-state index >= 15 is 0 Å². The Morgan fingerprint density at radius 3 is 2.09 bits per heavy atom. The van der Waals surface area contributed by atoms with Gasteiger partial charge in [0.2, 0.25) is 0 Å². The summed E-state index contributed by atoms with van der Waals surface area (Å²) in [4.78, 5) is 28.5. The van der Waals surface area contributed by atoms with Crippen LogP contribution in [-0.4, -0.2) is 43.8 Å². The molecule has 3 aromatic carbocycles.